The third kappa shape index (κ3) is 3.05. The highest BCUT2D eigenvalue weighted by Crippen LogP contribution is 2.14. The molecule has 17 heavy (non-hydrogen) atoms. The van der Waals surface area contributed by atoms with E-state index in [1.165, 1.54) is 12.1 Å². The second-order valence-corrected chi connectivity index (χ2v) is 3.55. The summed E-state index contributed by atoms with van der Waals surface area (Å²) in [6.07, 6.45) is 0. The first kappa shape index (κ1) is 11.2. The molecule has 3 heteroatoms. The highest BCUT2D eigenvalue weighted by molar-refractivity contribution is 5.34. The standard InChI is InChI=1S/C14H10FNO/c15-13-3-1-2-12(8-13)10-17-14-6-4-11(9-16)5-7-14/h1-8H,10H2. The normalized spacial score (nSPS) is 9.65. The molecule has 0 unspecified atom stereocenters. The van der Waals surface area contributed by atoms with Gasteiger partial charge in [-0.2, -0.15) is 5.26 Å². The third-order valence-electron chi connectivity index (χ3n) is 2.28. The predicted molar refractivity (Wildman–Crippen MR) is 61.9 cm³/mol. The van der Waals surface area contributed by atoms with Crippen molar-refractivity contribution in [2.45, 2.75) is 6.61 Å². The number of ether oxygens (including phenoxy) is 1. The van der Waals surface area contributed by atoms with Crippen molar-refractivity contribution in [2.24, 2.45) is 0 Å². The van der Waals surface area contributed by atoms with Gasteiger partial charge in [0, 0.05) is 0 Å². The smallest absolute Gasteiger partial charge is 0.123 e. The Balaban J connectivity index is 2.00. The molecule has 0 fully saturated rings. The number of nitrogens with zero attached hydrogens (tertiary/aromatic N) is 1. The predicted octanol–water partition coefficient (Wildman–Crippen LogP) is 3.28. The average molecular weight is 227 g/mol. The van der Waals surface area contributed by atoms with Crippen molar-refractivity contribution in [1.29, 1.82) is 5.26 Å². The van der Waals surface area contributed by atoms with Gasteiger partial charge in [-0.3, -0.25) is 0 Å². The van der Waals surface area contributed by atoms with Crippen LogP contribution in [-0.4, -0.2) is 0 Å². The Morgan fingerprint density at radius 1 is 1.12 bits per heavy atom. The van der Waals surface area contributed by atoms with Gasteiger partial charge < -0.3 is 4.74 Å². The molecule has 0 spiro atoms. The second-order valence-electron chi connectivity index (χ2n) is 3.55. The van der Waals surface area contributed by atoms with Gasteiger partial charge in [0.2, 0.25) is 0 Å². The monoisotopic (exact) mass is 227 g/mol. The summed E-state index contributed by atoms with van der Waals surface area (Å²) in [7, 11) is 0. The second kappa shape index (κ2) is 5.13. The van der Waals surface area contributed by atoms with E-state index >= 15 is 0 Å². The number of hydrogen-bond donors (Lipinski definition) is 0. The topological polar surface area (TPSA) is 33.0 Å². The van der Waals surface area contributed by atoms with Crippen LogP contribution in [0, 0.1) is 17.1 Å². The van der Waals surface area contributed by atoms with Crippen molar-refractivity contribution in [2.75, 3.05) is 0 Å². The van der Waals surface area contributed by atoms with Crippen molar-refractivity contribution in [3.8, 4) is 11.8 Å². The fourth-order valence-electron chi connectivity index (χ4n) is 1.42. The molecule has 2 aromatic carbocycles. The Kier molecular flexibility index (Phi) is 3.37. The Bertz CT molecular complexity index is 543. The summed E-state index contributed by atoms with van der Waals surface area (Å²) in [4.78, 5) is 0. The van der Waals surface area contributed by atoms with E-state index in [1.54, 1.807) is 36.4 Å². The van der Waals surface area contributed by atoms with Crippen LogP contribution in [0.4, 0.5) is 4.39 Å². The Morgan fingerprint density at radius 3 is 2.53 bits per heavy atom. The lowest BCUT2D eigenvalue weighted by Gasteiger charge is -2.06. The number of rotatable bonds is 3. The maximum absolute atomic E-state index is 12.9. The maximum Gasteiger partial charge on any atom is 0.123 e. The van der Waals surface area contributed by atoms with Gasteiger partial charge in [0.1, 0.15) is 18.2 Å². The summed E-state index contributed by atoms with van der Waals surface area (Å²) in [6, 6.07) is 15.1. The molecule has 2 rings (SSSR count). The molecule has 0 aliphatic heterocycles. The molecule has 84 valence electrons. The van der Waals surface area contributed by atoms with Gasteiger partial charge in [-0.15, -0.1) is 0 Å². The SMILES string of the molecule is N#Cc1ccc(OCc2cccc(F)c2)cc1. The zero-order chi connectivity index (χ0) is 12.1. The van der Waals surface area contributed by atoms with Crippen LogP contribution < -0.4 is 4.74 Å². The van der Waals surface area contributed by atoms with Crippen molar-refractivity contribution < 1.29 is 9.13 Å². The molecule has 0 saturated carbocycles. The fraction of sp³-hybridized carbons (Fsp3) is 0.0714. The zero-order valence-electron chi connectivity index (χ0n) is 9.06. The molecule has 0 atom stereocenters. The molecule has 0 bridgehead atoms. The van der Waals surface area contributed by atoms with Crippen LogP contribution in [0.3, 0.4) is 0 Å². The van der Waals surface area contributed by atoms with Crippen molar-refractivity contribution in [3.05, 3.63) is 65.5 Å². The quantitative estimate of drug-likeness (QED) is 0.806. The van der Waals surface area contributed by atoms with Crippen LogP contribution in [0.5, 0.6) is 5.75 Å². The Morgan fingerprint density at radius 2 is 1.88 bits per heavy atom. The average Bonchev–Trinajstić information content (AvgIpc) is 2.37. The van der Waals surface area contributed by atoms with Crippen LogP contribution in [0.25, 0.3) is 0 Å². The summed E-state index contributed by atoms with van der Waals surface area (Å²) in [5.41, 5.74) is 1.36. The molecular formula is C14H10FNO. The Hall–Kier alpha value is -2.34. The van der Waals surface area contributed by atoms with Crippen molar-refractivity contribution >= 4 is 0 Å². The first-order chi connectivity index (χ1) is 8.28. The van der Waals surface area contributed by atoms with Crippen LogP contribution in [0.1, 0.15) is 11.1 Å². The van der Waals surface area contributed by atoms with Crippen molar-refractivity contribution in [1.82, 2.24) is 0 Å². The van der Waals surface area contributed by atoms with E-state index in [4.69, 9.17) is 10.00 Å². The minimum Gasteiger partial charge on any atom is -0.489 e. The van der Waals surface area contributed by atoms with E-state index < -0.39 is 0 Å². The van der Waals surface area contributed by atoms with Crippen molar-refractivity contribution in [3.63, 3.8) is 0 Å². The lowest BCUT2D eigenvalue weighted by atomic mass is 10.2. The fourth-order valence-corrected chi connectivity index (χ4v) is 1.42. The van der Waals surface area contributed by atoms with E-state index in [-0.39, 0.29) is 5.82 Å². The van der Waals surface area contributed by atoms with Gasteiger partial charge >= 0.3 is 0 Å². The van der Waals surface area contributed by atoms with E-state index in [1.807, 2.05) is 6.07 Å². The van der Waals surface area contributed by atoms with E-state index in [2.05, 4.69) is 0 Å². The summed E-state index contributed by atoms with van der Waals surface area (Å²) in [6.45, 7) is 0.309. The number of halogens is 1. The minimum atomic E-state index is -0.272. The van der Waals surface area contributed by atoms with Gasteiger partial charge in [0.05, 0.1) is 11.6 Å². The molecule has 2 nitrogen and oxygen atoms in total. The van der Waals surface area contributed by atoms with Gasteiger partial charge in [-0.1, -0.05) is 12.1 Å². The van der Waals surface area contributed by atoms with E-state index in [0.717, 1.165) is 5.56 Å². The molecule has 0 aromatic heterocycles. The lowest BCUT2D eigenvalue weighted by molar-refractivity contribution is 0.305. The van der Waals surface area contributed by atoms with Gasteiger partial charge in [-0.25, -0.2) is 4.39 Å². The molecule has 0 aliphatic carbocycles. The van der Waals surface area contributed by atoms with E-state index in [0.29, 0.717) is 17.9 Å². The maximum atomic E-state index is 12.9. The molecule has 0 radical (unpaired) electrons. The molecule has 0 saturated heterocycles. The molecule has 0 heterocycles. The molecular weight excluding hydrogens is 217 g/mol. The zero-order valence-corrected chi connectivity index (χ0v) is 9.06. The summed E-state index contributed by atoms with van der Waals surface area (Å²) >= 11 is 0. The van der Waals surface area contributed by atoms with Gasteiger partial charge in [0.25, 0.3) is 0 Å². The first-order valence-corrected chi connectivity index (χ1v) is 5.15. The molecule has 0 N–H and O–H groups in total. The number of nitriles is 1. The van der Waals surface area contributed by atoms with E-state index in [9.17, 15) is 4.39 Å². The minimum absolute atomic E-state index is 0.272. The number of hydrogen-bond acceptors (Lipinski definition) is 2. The first-order valence-electron chi connectivity index (χ1n) is 5.15. The van der Waals surface area contributed by atoms with Crippen LogP contribution in [0.15, 0.2) is 48.5 Å². The molecule has 0 amide bonds. The van der Waals surface area contributed by atoms with Crippen LogP contribution in [0.2, 0.25) is 0 Å². The Labute approximate surface area is 98.9 Å². The molecule has 2 aromatic rings. The van der Waals surface area contributed by atoms with Gasteiger partial charge in [-0.05, 0) is 42.0 Å². The van der Waals surface area contributed by atoms with Crippen LogP contribution >= 0.6 is 0 Å². The molecule has 0 aliphatic rings. The lowest BCUT2D eigenvalue weighted by Crippen LogP contribution is -1.95. The largest absolute Gasteiger partial charge is 0.489 e. The highest BCUT2D eigenvalue weighted by atomic mass is 19.1. The highest BCUT2D eigenvalue weighted by Gasteiger charge is 1.98. The van der Waals surface area contributed by atoms with Crippen LogP contribution in [-0.2, 0) is 6.61 Å². The van der Waals surface area contributed by atoms with Gasteiger partial charge in [0.15, 0.2) is 0 Å². The number of benzene rings is 2. The third-order valence-corrected chi connectivity index (χ3v) is 2.28. The summed E-state index contributed by atoms with van der Waals surface area (Å²) in [5.74, 6) is 0.388. The summed E-state index contributed by atoms with van der Waals surface area (Å²) in [5, 5.41) is 8.63. The summed E-state index contributed by atoms with van der Waals surface area (Å²) < 4.78 is 18.4.